The van der Waals surface area contributed by atoms with Gasteiger partial charge in [-0.25, -0.2) is 4.98 Å². The molecule has 2 atom stereocenters. The number of aromatic nitrogens is 2. The molecular formula is C18H24Cl2N4OS. The minimum atomic E-state index is -0.0440. The molecular weight excluding hydrogens is 391 g/mol. The molecule has 1 amide bonds. The predicted octanol–water partition coefficient (Wildman–Crippen LogP) is 3.62. The number of halogens is 2. The maximum atomic E-state index is 12.6. The zero-order valence-electron chi connectivity index (χ0n) is 14.6. The van der Waals surface area contributed by atoms with Crippen molar-refractivity contribution in [1.29, 1.82) is 0 Å². The van der Waals surface area contributed by atoms with Gasteiger partial charge in [0.1, 0.15) is 5.01 Å². The van der Waals surface area contributed by atoms with Crippen molar-refractivity contribution in [3.63, 3.8) is 0 Å². The van der Waals surface area contributed by atoms with E-state index in [-0.39, 0.29) is 48.1 Å². The Kier molecular flexibility index (Phi) is 7.02. The van der Waals surface area contributed by atoms with Crippen LogP contribution in [0.5, 0.6) is 0 Å². The van der Waals surface area contributed by atoms with Crippen molar-refractivity contribution in [2.45, 2.75) is 32.2 Å². The van der Waals surface area contributed by atoms with E-state index in [0.29, 0.717) is 0 Å². The van der Waals surface area contributed by atoms with Gasteiger partial charge in [0.15, 0.2) is 0 Å². The molecule has 2 aliphatic rings. The lowest BCUT2D eigenvalue weighted by atomic mass is 9.91. The van der Waals surface area contributed by atoms with Gasteiger partial charge < -0.3 is 10.6 Å². The summed E-state index contributed by atoms with van der Waals surface area (Å²) in [4.78, 5) is 21.3. The molecule has 2 aromatic heterocycles. The minimum absolute atomic E-state index is 0. The van der Waals surface area contributed by atoms with Crippen molar-refractivity contribution < 1.29 is 4.79 Å². The van der Waals surface area contributed by atoms with Gasteiger partial charge in [0.25, 0.3) is 0 Å². The summed E-state index contributed by atoms with van der Waals surface area (Å²) >= 11 is 1.60. The molecule has 2 aromatic rings. The first-order chi connectivity index (χ1) is 11.7. The van der Waals surface area contributed by atoms with Gasteiger partial charge >= 0.3 is 0 Å². The second-order valence-electron chi connectivity index (χ2n) is 6.91. The molecule has 4 rings (SSSR count). The van der Waals surface area contributed by atoms with Gasteiger partial charge in [-0.15, -0.1) is 36.2 Å². The molecule has 0 radical (unpaired) electrons. The molecule has 1 aliphatic carbocycles. The third kappa shape index (κ3) is 4.19. The second kappa shape index (κ2) is 8.65. The van der Waals surface area contributed by atoms with Crippen LogP contribution in [0.2, 0.25) is 0 Å². The van der Waals surface area contributed by atoms with Crippen LogP contribution < -0.4 is 10.6 Å². The molecule has 26 heavy (non-hydrogen) atoms. The number of hydrogen-bond donors (Lipinski definition) is 2. The van der Waals surface area contributed by atoms with Crippen molar-refractivity contribution >= 4 is 42.1 Å². The lowest BCUT2D eigenvalue weighted by Gasteiger charge is -2.23. The van der Waals surface area contributed by atoms with Crippen LogP contribution in [0.4, 0.5) is 0 Å². The van der Waals surface area contributed by atoms with E-state index in [2.05, 4.69) is 20.6 Å². The van der Waals surface area contributed by atoms with Crippen LogP contribution in [0, 0.1) is 11.3 Å². The van der Waals surface area contributed by atoms with Gasteiger partial charge in [0, 0.05) is 29.3 Å². The van der Waals surface area contributed by atoms with Gasteiger partial charge in [-0.05, 0) is 56.8 Å². The van der Waals surface area contributed by atoms with E-state index in [4.69, 9.17) is 0 Å². The first-order valence-corrected chi connectivity index (χ1v) is 9.43. The molecule has 1 aliphatic heterocycles. The van der Waals surface area contributed by atoms with Crippen LogP contribution >= 0.6 is 36.2 Å². The molecule has 2 unspecified atom stereocenters. The van der Waals surface area contributed by atoms with Crippen molar-refractivity contribution in [2.24, 2.45) is 11.3 Å². The van der Waals surface area contributed by atoms with Crippen LogP contribution in [0.1, 0.15) is 37.2 Å². The predicted molar refractivity (Wildman–Crippen MR) is 109 cm³/mol. The van der Waals surface area contributed by atoms with Crippen LogP contribution in [-0.4, -0.2) is 29.0 Å². The number of pyridine rings is 1. The van der Waals surface area contributed by atoms with Gasteiger partial charge in [-0.1, -0.05) is 0 Å². The van der Waals surface area contributed by atoms with Crippen molar-refractivity contribution in [1.82, 2.24) is 20.6 Å². The van der Waals surface area contributed by atoms with Gasteiger partial charge in [0.05, 0.1) is 11.7 Å². The zero-order valence-corrected chi connectivity index (χ0v) is 17.1. The SMILES string of the molecule is CC(NC(=O)C1CC12CCNCC2)c1nc(-c2ccncc2)cs1.Cl.Cl. The molecule has 1 saturated heterocycles. The highest BCUT2D eigenvalue weighted by Gasteiger charge is 2.57. The fourth-order valence-electron chi connectivity index (χ4n) is 3.71. The van der Waals surface area contributed by atoms with Gasteiger partial charge in [0.2, 0.25) is 5.91 Å². The summed E-state index contributed by atoms with van der Waals surface area (Å²) in [7, 11) is 0. The molecule has 1 spiro atoms. The largest absolute Gasteiger partial charge is 0.347 e. The van der Waals surface area contributed by atoms with E-state index < -0.39 is 0 Å². The first-order valence-electron chi connectivity index (χ1n) is 8.55. The Labute approximate surface area is 170 Å². The maximum Gasteiger partial charge on any atom is 0.224 e. The monoisotopic (exact) mass is 414 g/mol. The Bertz CT molecular complexity index is 734. The summed E-state index contributed by atoms with van der Waals surface area (Å²) in [5.41, 5.74) is 2.28. The highest BCUT2D eigenvalue weighted by Crippen LogP contribution is 2.58. The molecule has 2 N–H and O–H groups in total. The first kappa shape index (κ1) is 21.1. The zero-order chi connectivity index (χ0) is 16.6. The molecule has 2 fully saturated rings. The van der Waals surface area contributed by atoms with Gasteiger partial charge in [-0.3, -0.25) is 9.78 Å². The van der Waals surface area contributed by atoms with Crippen LogP contribution in [0.25, 0.3) is 11.3 Å². The number of nitrogens with zero attached hydrogens (tertiary/aromatic N) is 2. The number of carbonyl (C=O) groups is 1. The summed E-state index contributed by atoms with van der Waals surface area (Å²) in [5.74, 6) is 0.395. The van der Waals surface area contributed by atoms with E-state index in [0.717, 1.165) is 48.6 Å². The summed E-state index contributed by atoms with van der Waals surface area (Å²) in [6.45, 7) is 4.10. The molecule has 1 saturated carbocycles. The van der Waals surface area contributed by atoms with Crippen LogP contribution in [0.15, 0.2) is 29.9 Å². The van der Waals surface area contributed by atoms with E-state index in [1.54, 1.807) is 23.7 Å². The summed E-state index contributed by atoms with van der Waals surface area (Å²) in [6, 6.07) is 3.86. The topological polar surface area (TPSA) is 66.9 Å². The molecule has 0 aromatic carbocycles. The van der Waals surface area contributed by atoms with E-state index in [1.807, 2.05) is 24.4 Å². The Balaban J connectivity index is 0.00000121. The standard InChI is InChI=1S/C18H22N4OS.2ClH/c1-12(17-22-15(11-24-17)13-2-6-19-7-3-13)21-16(23)14-10-18(14)4-8-20-9-5-18;;/h2-3,6-7,11-12,14,20H,4-5,8-10H2,1H3,(H,21,23);2*1H. The number of carbonyl (C=O) groups excluding carboxylic acids is 1. The average molecular weight is 415 g/mol. The number of thiazole rings is 1. The quantitative estimate of drug-likeness (QED) is 0.801. The maximum absolute atomic E-state index is 12.6. The molecule has 3 heterocycles. The third-order valence-electron chi connectivity index (χ3n) is 5.33. The second-order valence-corrected chi connectivity index (χ2v) is 7.80. The number of piperidine rings is 1. The number of hydrogen-bond acceptors (Lipinski definition) is 5. The molecule has 5 nitrogen and oxygen atoms in total. The van der Waals surface area contributed by atoms with E-state index in [9.17, 15) is 4.79 Å². The normalized spacial score (nSPS) is 21.2. The Morgan fingerprint density at radius 2 is 2.00 bits per heavy atom. The average Bonchev–Trinajstić information content (AvgIpc) is 3.08. The molecule has 8 heteroatoms. The third-order valence-corrected chi connectivity index (χ3v) is 6.36. The van der Waals surface area contributed by atoms with E-state index in [1.165, 1.54) is 0 Å². The van der Waals surface area contributed by atoms with Crippen LogP contribution in [-0.2, 0) is 4.79 Å². The fourth-order valence-corrected chi connectivity index (χ4v) is 4.55. The Morgan fingerprint density at radius 1 is 1.31 bits per heavy atom. The Hall–Kier alpha value is -1.21. The number of rotatable bonds is 4. The summed E-state index contributed by atoms with van der Waals surface area (Å²) in [5, 5.41) is 9.55. The highest BCUT2D eigenvalue weighted by atomic mass is 35.5. The minimum Gasteiger partial charge on any atom is -0.347 e. The van der Waals surface area contributed by atoms with E-state index >= 15 is 0 Å². The van der Waals surface area contributed by atoms with Crippen molar-refractivity contribution in [2.75, 3.05) is 13.1 Å². The summed E-state index contributed by atoms with van der Waals surface area (Å²) in [6.07, 6.45) is 6.84. The fraction of sp³-hybridized carbons (Fsp3) is 0.500. The smallest absolute Gasteiger partial charge is 0.224 e. The molecule has 142 valence electrons. The molecule has 0 bridgehead atoms. The van der Waals surface area contributed by atoms with Gasteiger partial charge in [-0.2, -0.15) is 0 Å². The number of amides is 1. The van der Waals surface area contributed by atoms with Crippen molar-refractivity contribution in [3.8, 4) is 11.3 Å². The van der Waals surface area contributed by atoms with Crippen LogP contribution in [0.3, 0.4) is 0 Å². The number of nitrogens with one attached hydrogen (secondary N) is 2. The summed E-state index contributed by atoms with van der Waals surface area (Å²) < 4.78 is 0. The lowest BCUT2D eigenvalue weighted by molar-refractivity contribution is -0.123. The highest BCUT2D eigenvalue weighted by molar-refractivity contribution is 7.10. The van der Waals surface area contributed by atoms with Crippen molar-refractivity contribution in [3.05, 3.63) is 34.9 Å². The Morgan fingerprint density at radius 3 is 2.69 bits per heavy atom. The lowest BCUT2D eigenvalue weighted by Crippen LogP contribution is -2.34.